The first-order valence-electron chi connectivity index (χ1n) is 10.5. The van der Waals surface area contributed by atoms with E-state index in [9.17, 15) is 16.8 Å². The molecule has 8 heteroatoms. The molecular formula is C25H29NO4S3. The highest BCUT2D eigenvalue weighted by molar-refractivity contribution is 8.07. The van der Waals surface area contributed by atoms with Crippen LogP contribution in [0.4, 0.5) is 0 Å². The van der Waals surface area contributed by atoms with Crippen LogP contribution in [0.3, 0.4) is 0 Å². The fraction of sp³-hybridized carbons (Fsp3) is 0.280. The second-order valence-corrected chi connectivity index (χ2v) is 14.3. The lowest BCUT2D eigenvalue weighted by Crippen LogP contribution is -2.57. The van der Waals surface area contributed by atoms with Gasteiger partial charge in [0.05, 0.1) is 9.79 Å². The highest BCUT2D eigenvalue weighted by Gasteiger charge is 2.55. The van der Waals surface area contributed by atoms with Gasteiger partial charge in [0, 0.05) is 4.90 Å². The molecule has 0 aromatic heterocycles. The average molecular weight is 504 g/mol. The van der Waals surface area contributed by atoms with E-state index >= 15 is 0 Å². The SMILES string of the molecule is Cc1ccc(SC(C)(N(S(=O)(=O)c2ccccc2)S(=O)(=O)c2ccccc2)C(C)(C)C)cc1. The van der Waals surface area contributed by atoms with Crippen molar-refractivity contribution in [2.24, 2.45) is 5.41 Å². The van der Waals surface area contributed by atoms with Gasteiger partial charge in [0.15, 0.2) is 0 Å². The Bertz CT molecular complexity index is 1230. The summed E-state index contributed by atoms with van der Waals surface area (Å²) in [7, 11) is -8.90. The zero-order valence-corrected chi connectivity index (χ0v) is 21.8. The Hall–Kier alpha value is -2.13. The highest BCUT2D eigenvalue weighted by atomic mass is 32.3. The summed E-state index contributed by atoms with van der Waals surface area (Å²) in [5.74, 6) is 0. The molecule has 0 aliphatic heterocycles. The van der Waals surface area contributed by atoms with E-state index in [4.69, 9.17) is 0 Å². The van der Waals surface area contributed by atoms with Crippen molar-refractivity contribution in [2.75, 3.05) is 0 Å². The van der Waals surface area contributed by atoms with Crippen LogP contribution in [0.5, 0.6) is 0 Å². The Morgan fingerprint density at radius 3 is 1.39 bits per heavy atom. The van der Waals surface area contributed by atoms with Gasteiger partial charge in [-0.15, -0.1) is 11.8 Å². The van der Waals surface area contributed by atoms with E-state index in [1.54, 1.807) is 43.3 Å². The van der Waals surface area contributed by atoms with Crippen LogP contribution in [0.15, 0.2) is 99.6 Å². The first kappa shape index (κ1) is 25.5. The third-order valence-corrected chi connectivity index (χ3v) is 12.0. The fourth-order valence-electron chi connectivity index (χ4n) is 3.26. The van der Waals surface area contributed by atoms with Gasteiger partial charge in [-0.25, -0.2) is 16.8 Å². The normalized spacial score (nSPS) is 14.7. The maximum atomic E-state index is 14.0. The summed E-state index contributed by atoms with van der Waals surface area (Å²) in [6.07, 6.45) is 0. The largest absolute Gasteiger partial charge is 0.257 e. The molecular weight excluding hydrogens is 474 g/mol. The van der Waals surface area contributed by atoms with Gasteiger partial charge in [-0.05, 0) is 55.7 Å². The molecule has 3 aromatic carbocycles. The topological polar surface area (TPSA) is 71.5 Å². The lowest BCUT2D eigenvalue weighted by atomic mass is 9.88. The van der Waals surface area contributed by atoms with E-state index in [0.717, 1.165) is 10.5 Å². The first-order chi connectivity index (χ1) is 15.3. The van der Waals surface area contributed by atoms with Crippen LogP contribution in [-0.2, 0) is 20.0 Å². The predicted molar refractivity (Wildman–Crippen MR) is 134 cm³/mol. The summed E-state index contributed by atoms with van der Waals surface area (Å²) in [5, 5.41) is 0. The molecule has 0 spiro atoms. The molecule has 33 heavy (non-hydrogen) atoms. The minimum absolute atomic E-state index is 0.0792. The van der Waals surface area contributed by atoms with Crippen molar-refractivity contribution in [3.63, 3.8) is 0 Å². The van der Waals surface area contributed by atoms with E-state index in [-0.39, 0.29) is 9.79 Å². The van der Waals surface area contributed by atoms with Crippen LogP contribution in [0, 0.1) is 12.3 Å². The molecule has 0 radical (unpaired) electrons. The minimum atomic E-state index is -4.45. The van der Waals surface area contributed by atoms with Crippen LogP contribution in [0.2, 0.25) is 0 Å². The molecule has 1 atom stereocenters. The third kappa shape index (κ3) is 5.04. The van der Waals surface area contributed by atoms with Crippen LogP contribution in [-0.4, -0.2) is 25.4 Å². The maximum absolute atomic E-state index is 14.0. The first-order valence-corrected chi connectivity index (χ1v) is 14.2. The Balaban J connectivity index is 2.33. The number of nitrogens with zero attached hydrogens (tertiary/aromatic N) is 1. The molecule has 0 aliphatic carbocycles. The smallest absolute Gasteiger partial charge is 0.206 e. The summed E-state index contributed by atoms with van der Waals surface area (Å²) < 4.78 is 56.8. The number of hydrogen-bond donors (Lipinski definition) is 0. The number of thioether (sulfide) groups is 1. The van der Waals surface area contributed by atoms with E-state index in [1.165, 1.54) is 36.0 Å². The van der Waals surface area contributed by atoms with Gasteiger partial charge in [-0.3, -0.25) is 0 Å². The third-order valence-electron chi connectivity index (χ3n) is 5.60. The zero-order valence-electron chi connectivity index (χ0n) is 19.4. The van der Waals surface area contributed by atoms with Gasteiger partial charge < -0.3 is 0 Å². The minimum Gasteiger partial charge on any atom is -0.206 e. The van der Waals surface area contributed by atoms with Crippen LogP contribution < -0.4 is 0 Å². The molecule has 5 nitrogen and oxygen atoms in total. The van der Waals surface area contributed by atoms with E-state index < -0.39 is 30.3 Å². The molecule has 0 aliphatic rings. The lowest BCUT2D eigenvalue weighted by Gasteiger charge is -2.47. The second-order valence-electron chi connectivity index (χ2n) is 8.98. The highest BCUT2D eigenvalue weighted by Crippen LogP contribution is 2.51. The summed E-state index contributed by atoms with van der Waals surface area (Å²) in [6, 6.07) is 23.0. The van der Waals surface area contributed by atoms with E-state index in [0.29, 0.717) is 3.71 Å². The summed E-state index contributed by atoms with van der Waals surface area (Å²) in [4.78, 5) is -0.783. The Morgan fingerprint density at radius 1 is 0.636 bits per heavy atom. The van der Waals surface area contributed by atoms with Crippen LogP contribution >= 0.6 is 11.8 Å². The molecule has 176 valence electrons. The summed E-state index contributed by atoms with van der Waals surface area (Å²) in [5.41, 5.74) is 0.286. The van der Waals surface area contributed by atoms with Gasteiger partial charge in [0.1, 0.15) is 4.87 Å². The molecule has 0 heterocycles. The number of aryl methyl sites for hydroxylation is 1. The molecule has 0 bridgehead atoms. The predicted octanol–water partition coefficient (Wildman–Crippen LogP) is 5.93. The molecule has 1 unspecified atom stereocenters. The number of rotatable bonds is 7. The number of benzene rings is 3. The lowest BCUT2D eigenvalue weighted by molar-refractivity contribution is 0.218. The van der Waals surface area contributed by atoms with Crippen molar-refractivity contribution in [3.05, 3.63) is 90.5 Å². The molecule has 0 saturated carbocycles. The molecule has 3 aromatic rings. The molecule has 0 saturated heterocycles. The average Bonchev–Trinajstić information content (AvgIpc) is 2.75. The van der Waals surface area contributed by atoms with E-state index in [2.05, 4.69) is 0 Å². The van der Waals surface area contributed by atoms with Crippen molar-refractivity contribution in [1.29, 1.82) is 0 Å². The van der Waals surface area contributed by atoms with Crippen molar-refractivity contribution >= 4 is 31.8 Å². The van der Waals surface area contributed by atoms with Crippen molar-refractivity contribution in [1.82, 2.24) is 3.71 Å². The number of sulfonamides is 2. The van der Waals surface area contributed by atoms with Crippen LogP contribution in [0.25, 0.3) is 0 Å². The van der Waals surface area contributed by atoms with Crippen molar-refractivity contribution < 1.29 is 16.8 Å². The maximum Gasteiger partial charge on any atom is 0.257 e. The fourth-order valence-corrected chi connectivity index (χ4v) is 9.59. The molecule has 0 fully saturated rings. The Morgan fingerprint density at radius 2 is 1.03 bits per heavy atom. The van der Waals surface area contributed by atoms with Crippen LogP contribution in [0.1, 0.15) is 33.3 Å². The molecule has 0 amide bonds. The van der Waals surface area contributed by atoms with Gasteiger partial charge in [-0.2, -0.15) is 0 Å². The summed E-state index contributed by atoms with van der Waals surface area (Å²) >= 11 is 1.23. The van der Waals surface area contributed by atoms with E-state index in [1.807, 2.05) is 52.0 Å². The molecule has 0 N–H and O–H groups in total. The van der Waals surface area contributed by atoms with Crippen molar-refractivity contribution in [3.8, 4) is 0 Å². The van der Waals surface area contributed by atoms with Crippen molar-refractivity contribution in [2.45, 2.75) is 54.2 Å². The monoisotopic (exact) mass is 503 g/mol. The Labute approximate surface area is 202 Å². The standard InChI is InChI=1S/C25H29NO4S3/c1-20-16-18-21(19-17-20)31-25(5,24(2,3)4)26(32(27,28)22-12-8-6-9-13-22)33(29,30)23-14-10-7-11-15-23/h6-19H,1-5H3. The molecule has 3 rings (SSSR count). The van der Waals surface area contributed by atoms with Gasteiger partial charge in [-0.1, -0.05) is 78.6 Å². The van der Waals surface area contributed by atoms with Gasteiger partial charge in [0.25, 0.3) is 20.0 Å². The van der Waals surface area contributed by atoms with Gasteiger partial charge in [0.2, 0.25) is 0 Å². The number of hydrogen-bond acceptors (Lipinski definition) is 5. The quantitative estimate of drug-likeness (QED) is 0.295. The Kier molecular flexibility index (Phi) is 7.15. The van der Waals surface area contributed by atoms with Gasteiger partial charge >= 0.3 is 0 Å². The summed E-state index contributed by atoms with van der Waals surface area (Å²) in [6.45, 7) is 9.19. The zero-order chi connectivity index (χ0) is 24.5. The second kappa shape index (κ2) is 9.25.